The second-order valence-electron chi connectivity index (χ2n) is 4.93. The van der Waals surface area contributed by atoms with Crippen LogP contribution in [0.15, 0.2) is 30.3 Å². The molecule has 0 saturated carbocycles. The first-order valence-corrected chi connectivity index (χ1v) is 8.05. The monoisotopic (exact) mass is 305 g/mol. The Morgan fingerprint density at radius 2 is 2.05 bits per heavy atom. The van der Waals surface area contributed by atoms with Gasteiger partial charge in [-0.3, -0.25) is 0 Å². The lowest BCUT2D eigenvalue weighted by atomic mass is 10.1. The molecule has 1 heterocycles. The Kier molecular flexibility index (Phi) is 5.65. The van der Waals surface area contributed by atoms with Crippen LogP contribution in [0.5, 0.6) is 11.5 Å². The van der Waals surface area contributed by atoms with Gasteiger partial charge in [-0.25, -0.2) is 0 Å². The molecule has 0 aliphatic carbocycles. The summed E-state index contributed by atoms with van der Waals surface area (Å²) in [6, 6.07) is 10.7. The topological polar surface area (TPSA) is 30.5 Å². The molecule has 1 aromatic carbocycles. The predicted molar refractivity (Wildman–Crippen MR) is 88.5 cm³/mol. The molecule has 1 aromatic heterocycles. The Balaban J connectivity index is 2.07. The third-order valence-electron chi connectivity index (χ3n) is 3.35. The van der Waals surface area contributed by atoms with Crippen LogP contribution in [-0.2, 0) is 6.54 Å². The number of aryl methyl sites for hydroxylation is 1. The Morgan fingerprint density at radius 3 is 2.67 bits per heavy atom. The summed E-state index contributed by atoms with van der Waals surface area (Å²) in [6.07, 6.45) is 0. The Morgan fingerprint density at radius 1 is 1.24 bits per heavy atom. The molecule has 0 bridgehead atoms. The maximum Gasteiger partial charge on any atom is 0.165 e. The zero-order valence-corrected chi connectivity index (χ0v) is 13.9. The van der Waals surface area contributed by atoms with Crippen LogP contribution in [0.25, 0.3) is 0 Å². The molecule has 114 valence electrons. The summed E-state index contributed by atoms with van der Waals surface area (Å²) >= 11 is 1.83. The van der Waals surface area contributed by atoms with Crippen molar-refractivity contribution in [1.82, 2.24) is 5.32 Å². The summed E-state index contributed by atoms with van der Waals surface area (Å²) in [7, 11) is 1.69. The summed E-state index contributed by atoms with van der Waals surface area (Å²) in [4.78, 5) is 2.70. The van der Waals surface area contributed by atoms with Crippen molar-refractivity contribution in [3.63, 3.8) is 0 Å². The van der Waals surface area contributed by atoms with Gasteiger partial charge in [-0.2, -0.15) is 0 Å². The average Bonchev–Trinajstić information content (AvgIpc) is 2.92. The molecular weight excluding hydrogens is 282 g/mol. The molecule has 2 rings (SSSR count). The maximum atomic E-state index is 5.61. The van der Waals surface area contributed by atoms with Crippen molar-refractivity contribution in [2.45, 2.75) is 33.4 Å². The molecule has 0 fully saturated rings. The van der Waals surface area contributed by atoms with E-state index >= 15 is 0 Å². The lowest BCUT2D eigenvalue weighted by Gasteiger charge is -2.16. The highest BCUT2D eigenvalue weighted by Crippen LogP contribution is 2.31. The molecule has 2 aromatic rings. The molecule has 1 N–H and O–H groups in total. The molecule has 21 heavy (non-hydrogen) atoms. The number of para-hydroxylation sites is 1. The minimum atomic E-state index is 0.323. The molecule has 3 nitrogen and oxygen atoms in total. The predicted octanol–water partition coefficient (Wildman–Crippen LogP) is 4.31. The second-order valence-corrected chi connectivity index (χ2v) is 6.25. The van der Waals surface area contributed by atoms with Crippen molar-refractivity contribution < 1.29 is 9.47 Å². The Bertz CT molecular complexity index is 580. The van der Waals surface area contributed by atoms with Crippen LogP contribution in [0.2, 0.25) is 0 Å². The number of rotatable bonds is 7. The molecule has 4 heteroatoms. The summed E-state index contributed by atoms with van der Waals surface area (Å²) in [5.74, 6) is 1.63. The number of hydrogen-bond donors (Lipinski definition) is 1. The number of methoxy groups -OCH3 is 1. The SMILES string of the molecule is CCOc1cccc(CNC(C)c2ccc(C)s2)c1OC. The molecule has 0 aliphatic rings. The first kappa shape index (κ1) is 15.9. The highest BCUT2D eigenvalue weighted by molar-refractivity contribution is 7.12. The van der Waals surface area contributed by atoms with Crippen molar-refractivity contribution in [3.05, 3.63) is 45.6 Å². The van der Waals surface area contributed by atoms with Gasteiger partial charge in [-0.1, -0.05) is 12.1 Å². The molecule has 0 spiro atoms. The van der Waals surface area contributed by atoms with Crippen LogP contribution in [-0.4, -0.2) is 13.7 Å². The minimum absolute atomic E-state index is 0.323. The first-order chi connectivity index (χ1) is 10.2. The molecule has 0 saturated heterocycles. The number of thiophene rings is 1. The van der Waals surface area contributed by atoms with E-state index in [0.717, 1.165) is 23.6 Å². The fraction of sp³-hybridized carbons (Fsp3) is 0.412. The summed E-state index contributed by atoms with van der Waals surface area (Å²) in [5.41, 5.74) is 1.11. The molecule has 0 aliphatic heterocycles. The molecule has 0 radical (unpaired) electrons. The average molecular weight is 305 g/mol. The zero-order chi connectivity index (χ0) is 15.2. The van der Waals surface area contributed by atoms with E-state index in [1.165, 1.54) is 9.75 Å². The zero-order valence-electron chi connectivity index (χ0n) is 13.1. The lowest BCUT2D eigenvalue weighted by molar-refractivity contribution is 0.308. The van der Waals surface area contributed by atoms with Crippen LogP contribution in [0.3, 0.4) is 0 Å². The molecule has 0 amide bonds. The van der Waals surface area contributed by atoms with Gasteiger partial charge in [-0.05, 0) is 39.0 Å². The first-order valence-electron chi connectivity index (χ1n) is 7.24. The van der Waals surface area contributed by atoms with E-state index in [0.29, 0.717) is 12.6 Å². The van der Waals surface area contributed by atoms with Crippen LogP contribution in [0.4, 0.5) is 0 Å². The van der Waals surface area contributed by atoms with Gasteiger partial charge in [0.1, 0.15) is 0 Å². The molecular formula is C17H23NO2S. The number of benzene rings is 1. The highest BCUT2D eigenvalue weighted by Gasteiger charge is 2.12. The van der Waals surface area contributed by atoms with E-state index in [2.05, 4.69) is 37.4 Å². The van der Waals surface area contributed by atoms with Gasteiger partial charge in [-0.15, -0.1) is 11.3 Å². The van der Waals surface area contributed by atoms with Crippen LogP contribution in [0.1, 0.15) is 35.2 Å². The standard InChI is InChI=1S/C17H23NO2S/c1-5-20-15-8-6-7-14(17(15)19-4)11-18-13(3)16-10-9-12(2)21-16/h6-10,13,18H,5,11H2,1-4H3. The van der Waals surface area contributed by atoms with E-state index < -0.39 is 0 Å². The van der Waals surface area contributed by atoms with Crippen molar-refractivity contribution in [3.8, 4) is 11.5 Å². The highest BCUT2D eigenvalue weighted by atomic mass is 32.1. The van der Waals surface area contributed by atoms with Crippen molar-refractivity contribution in [1.29, 1.82) is 0 Å². The minimum Gasteiger partial charge on any atom is -0.493 e. The number of hydrogen-bond acceptors (Lipinski definition) is 4. The van der Waals surface area contributed by atoms with Crippen molar-refractivity contribution >= 4 is 11.3 Å². The van der Waals surface area contributed by atoms with E-state index in [-0.39, 0.29) is 0 Å². The van der Waals surface area contributed by atoms with Crippen LogP contribution < -0.4 is 14.8 Å². The van der Waals surface area contributed by atoms with E-state index in [9.17, 15) is 0 Å². The van der Waals surface area contributed by atoms with Gasteiger partial charge in [0, 0.05) is 27.9 Å². The lowest BCUT2D eigenvalue weighted by Crippen LogP contribution is -2.17. The quantitative estimate of drug-likeness (QED) is 0.826. The van der Waals surface area contributed by atoms with E-state index in [4.69, 9.17) is 9.47 Å². The Hall–Kier alpha value is -1.52. The Labute approximate surface area is 130 Å². The van der Waals surface area contributed by atoms with Crippen molar-refractivity contribution in [2.24, 2.45) is 0 Å². The van der Waals surface area contributed by atoms with Crippen molar-refractivity contribution in [2.75, 3.05) is 13.7 Å². The van der Waals surface area contributed by atoms with Gasteiger partial charge in [0.05, 0.1) is 13.7 Å². The van der Waals surface area contributed by atoms with Gasteiger partial charge < -0.3 is 14.8 Å². The third-order valence-corrected chi connectivity index (χ3v) is 4.53. The van der Waals surface area contributed by atoms with Gasteiger partial charge >= 0.3 is 0 Å². The molecule has 1 atom stereocenters. The second kappa shape index (κ2) is 7.48. The van der Waals surface area contributed by atoms with Crippen LogP contribution in [0, 0.1) is 6.92 Å². The molecule has 1 unspecified atom stereocenters. The summed E-state index contributed by atoms with van der Waals surface area (Å²) in [5, 5.41) is 3.55. The fourth-order valence-electron chi connectivity index (χ4n) is 2.25. The van der Waals surface area contributed by atoms with Gasteiger partial charge in [0.2, 0.25) is 0 Å². The fourth-order valence-corrected chi connectivity index (χ4v) is 3.16. The summed E-state index contributed by atoms with van der Waals surface area (Å²) in [6.45, 7) is 7.69. The van der Waals surface area contributed by atoms with Gasteiger partial charge in [0.25, 0.3) is 0 Å². The normalized spacial score (nSPS) is 12.2. The largest absolute Gasteiger partial charge is 0.493 e. The maximum absolute atomic E-state index is 5.61. The third kappa shape index (κ3) is 3.99. The number of ether oxygens (including phenoxy) is 2. The number of nitrogens with one attached hydrogen (secondary N) is 1. The van der Waals surface area contributed by atoms with E-state index in [1.807, 2.05) is 30.4 Å². The van der Waals surface area contributed by atoms with E-state index in [1.54, 1.807) is 7.11 Å². The summed E-state index contributed by atoms with van der Waals surface area (Å²) < 4.78 is 11.1. The van der Waals surface area contributed by atoms with Crippen LogP contribution >= 0.6 is 11.3 Å². The smallest absolute Gasteiger partial charge is 0.165 e. The van der Waals surface area contributed by atoms with Gasteiger partial charge in [0.15, 0.2) is 11.5 Å².